The van der Waals surface area contributed by atoms with Gasteiger partial charge in [0.15, 0.2) is 12.2 Å². The summed E-state index contributed by atoms with van der Waals surface area (Å²) in [7, 11) is -7.91. The van der Waals surface area contributed by atoms with Crippen LogP contribution in [0.15, 0.2) is 11.7 Å². The number of alkyl halides is 2. The third-order valence-electron chi connectivity index (χ3n) is 4.49. The quantitative estimate of drug-likeness (QED) is 0.323. The zero-order chi connectivity index (χ0) is 23.4. The standard InChI is InChI=1S/C16H25F2N4O6P2S.ClH/c1-11-14(31-10-22(11)9-13-8-20-12(2)21-15(13)19)6-7-28-30(24,27-5)16(17,18)29(23,25-3)26-4;/h8,10H,6-7,9H2,1-5H3,(H2,19,20,21);1H/q+1;/p-1. The highest BCUT2D eigenvalue weighted by Gasteiger charge is 2.68. The van der Waals surface area contributed by atoms with Gasteiger partial charge in [0.05, 0.1) is 17.0 Å². The molecule has 0 saturated carbocycles. The van der Waals surface area contributed by atoms with Crippen LogP contribution in [0.3, 0.4) is 0 Å². The first-order chi connectivity index (χ1) is 14.4. The fourth-order valence-corrected chi connectivity index (χ4v) is 7.09. The Morgan fingerprint density at radius 2 is 1.75 bits per heavy atom. The Morgan fingerprint density at radius 3 is 2.28 bits per heavy atom. The molecule has 0 aliphatic carbocycles. The van der Waals surface area contributed by atoms with Crippen molar-refractivity contribution in [2.45, 2.75) is 32.2 Å². The van der Waals surface area contributed by atoms with Crippen LogP contribution >= 0.6 is 26.5 Å². The monoisotopic (exact) mass is 536 g/mol. The SMILES string of the molecule is COP(=O)(OC)C(F)(F)P(=O)(OC)OCCc1sc[n+](Cc2cnc(C)nc2N)c1C.[Cl-]. The zero-order valence-electron chi connectivity index (χ0n) is 18.1. The van der Waals surface area contributed by atoms with Crippen molar-refractivity contribution < 1.29 is 53.0 Å². The fourth-order valence-electron chi connectivity index (χ4n) is 2.61. The van der Waals surface area contributed by atoms with Gasteiger partial charge in [-0.05, 0) is 6.92 Å². The number of thiazole rings is 1. The molecule has 2 rings (SSSR count). The number of anilines is 1. The van der Waals surface area contributed by atoms with E-state index in [1.54, 1.807) is 13.1 Å². The largest absolute Gasteiger partial charge is 1.00 e. The molecule has 1 unspecified atom stereocenters. The Bertz CT molecular complexity index is 1020. The summed E-state index contributed by atoms with van der Waals surface area (Å²) in [5.74, 6) is 0.941. The van der Waals surface area contributed by atoms with Crippen molar-refractivity contribution >= 4 is 32.3 Å². The molecule has 10 nitrogen and oxygen atoms in total. The summed E-state index contributed by atoms with van der Waals surface area (Å²) in [6.07, 6.45) is 1.81. The Labute approximate surface area is 194 Å². The molecule has 0 fully saturated rings. The van der Waals surface area contributed by atoms with Gasteiger partial charge < -0.3 is 36.2 Å². The maximum atomic E-state index is 14.6. The van der Waals surface area contributed by atoms with Crippen molar-refractivity contribution in [3.8, 4) is 0 Å². The molecule has 1 atom stereocenters. The van der Waals surface area contributed by atoms with Gasteiger partial charge in [0, 0.05) is 40.9 Å². The van der Waals surface area contributed by atoms with E-state index in [-0.39, 0.29) is 25.4 Å². The van der Waals surface area contributed by atoms with E-state index in [9.17, 15) is 17.9 Å². The van der Waals surface area contributed by atoms with Crippen molar-refractivity contribution in [3.05, 3.63) is 33.7 Å². The fraction of sp³-hybridized carbons (Fsp3) is 0.562. The highest BCUT2D eigenvalue weighted by molar-refractivity contribution is 7.73. The number of aryl methyl sites for hydroxylation is 1. The molecular formula is C16H25ClF2N4O6P2S. The van der Waals surface area contributed by atoms with Crippen molar-refractivity contribution in [1.29, 1.82) is 0 Å². The third kappa shape index (κ3) is 5.71. The van der Waals surface area contributed by atoms with E-state index in [1.165, 1.54) is 11.3 Å². The van der Waals surface area contributed by atoms with Crippen LogP contribution in [0.2, 0.25) is 0 Å². The first-order valence-electron chi connectivity index (χ1n) is 8.89. The first kappa shape index (κ1) is 29.0. The minimum atomic E-state index is -5.15. The van der Waals surface area contributed by atoms with Crippen LogP contribution in [0.5, 0.6) is 0 Å². The normalized spacial score (nSPS) is 14.1. The van der Waals surface area contributed by atoms with Gasteiger partial charge in [0.2, 0.25) is 5.51 Å². The molecule has 16 heteroatoms. The van der Waals surface area contributed by atoms with E-state index < -0.39 is 20.6 Å². The van der Waals surface area contributed by atoms with Crippen molar-refractivity contribution in [1.82, 2.24) is 9.97 Å². The van der Waals surface area contributed by atoms with Crippen molar-refractivity contribution in [3.63, 3.8) is 0 Å². The summed E-state index contributed by atoms with van der Waals surface area (Å²) >= 11 is 1.36. The predicted octanol–water partition coefficient (Wildman–Crippen LogP) is 0.512. The number of halogens is 3. The lowest BCUT2D eigenvalue weighted by atomic mass is 10.2. The molecule has 182 valence electrons. The Hall–Kier alpha value is -1.04. The molecule has 0 radical (unpaired) electrons. The van der Waals surface area contributed by atoms with E-state index in [0.29, 0.717) is 18.2 Å². The maximum absolute atomic E-state index is 14.6. The van der Waals surface area contributed by atoms with Gasteiger partial charge in [0.25, 0.3) is 0 Å². The lowest BCUT2D eigenvalue weighted by Crippen LogP contribution is -3.00. The maximum Gasteiger partial charge on any atom is 0.444 e. The lowest BCUT2D eigenvalue weighted by Gasteiger charge is -2.28. The average Bonchev–Trinajstić information content (AvgIpc) is 3.08. The number of rotatable bonds is 11. The molecular weight excluding hydrogens is 512 g/mol. The van der Waals surface area contributed by atoms with E-state index in [1.807, 2.05) is 17.0 Å². The Balaban J connectivity index is 0.00000512. The molecule has 0 aliphatic rings. The summed E-state index contributed by atoms with van der Waals surface area (Å²) in [6.45, 7) is 3.63. The van der Waals surface area contributed by atoms with Crippen LogP contribution in [0, 0.1) is 13.8 Å². The first-order valence-corrected chi connectivity index (χ1v) is 12.9. The molecule has 2 aromatic heterocycles. The average molecular weight is 537 g/mol. The highest BCUT2D eigenvalue weighted by Crippen LogP contribution is 2.78. The second kappa shape index (κ2) is 11.4. The summed E-state index contributed by atoms with van der Waals surface area (Å²) in [5, 5.41) is -4.48. The number of nitrogens with two attached hydrogens (primary N) is 1. The molecule has 0 aromatic carbocycles. The second-order valence-electron chi connectivity index (χ2n) is 6.32. The summed E-state index contributed by atoms with van der Waals surface area (Å²) in [4.78, 5) is 9.07. The molecule has 2 N–H and O–H groups in total. The van der Waals surface area contributed by atoms with Crippen molar-refractivity contribution in [2.75, 3.05) is 33.7 Å². The Morgan fingerprint density at radius 1 is 1.16 bits per heavy atom. The number of hydrogen-bond donors (Lipinski definition) is 1. The third-order valence-corrected chi connectivity index (χ3v) is 10.4. The summed E-state index contributed by atoms with van der Waals surface area (Å²) in [6, 6.07) is 0. The highest BCUT2D eigenvalue weighted by atomic mass is 35.5. The van der Waals surface area contributed by atoms with E-state index in [0.717, 1.165) is 37.5 Å². The number of hydrogen-bond acceptors (Lipinski definition) is 10. The number of nitrogen functional groups attached to an aromatic ring is 1. The lowest BCUT2D eigenvalue weighted by molar-refractivity contribution is -0.689. The van der Waals surface area contributed by atoms with Crippen molar-refractivity contribution in [2.24, 2.45) is 0 Å². The van der Waals surface area contributed by atoms with Crippen LogP contribution in [0.4, 0.5) is 14.6 Å². The van der Waals surface area contributed by atoms with E-state index in [4.69, 9.17) is 10.3 Å². The summed E-state index contributed by atoms with van der Waals surface area (Å²) in [5.41, 5.74) is 9.33. The minimum absolute atomic E-state index is 0. The molecule has 2 heterocycles. The smallest absolute Gasteiger partial charge is 0.444 e. The van der Waals surface area contributed by atoms with E-state index >= 15 is 0 Å². The number of aromatic nitrogens is 3. The molecule has 0 amide bonds. The van der Waals surface area contributed by atoms with Gasteiger partial charge in [-0.1, -0.05) is 11.3 Å². The van der Waals surface area contributed by atoms with Crippen LogP contribution < -0.4 is 22.7 Å². The van der Waals surface area contributed by atoms with Gasteiger partial charge in [-0.2, -0.15) is 13.3 Å². The van der Waals surface area contributed by atoms with Crippen LogP contribution in [0.25, 0.3) is 0 Å². The van der Waals surface area contributed by atoms with Crippen LogP contribution in [0.1, 0.15) is 22.0 Å². The van der Waals surface area contributed by atoms with Gasteiger partial charge in [-0.25, -0.2) is 9.97 Å². The van der Waals surface area contributed by atoms with Gasteiger partial charge in [-0.3, -0.25) is 9.13 Å². The topological polar surface area (TPSA) is 127 Å². The minimum Gasteiger partial charge on any atom is -1.00 e. The Kier molecular flexibility index (Phi) is 10.3. The number of nitrogens with zero attached hydrogens (tertiary/aromatic N) is 3. The zero-order valence-corrected chi connectivity index (χ0v) is 21.4. The molecule has 0 bridgehead atoms. The molecule has 32 heavy (non-hydrogen) atoms. The molecule has 0 spiro atoms. The van der Waals surface area contributed by atoms with Gasteiger partial charge >= 0.3 is 20.6 Å². The molecule has 2 aromatic rings. The van der Waals surface area contributed by atoms with Crippen LogP contribution in [-0.2, 0) is 40.2 Å². The van der Waals surface area contributed by atoms with E-state index in [2.05, 4.69) is 23.5 Å². The summed E-state index contributed by atoms with van der Waals surface area (Å²) < 4.78 is 73.8. The predicted molar refractivity (Wildman–Crippen MR) is 110 cm³/mol. The van der Waals surface area contributed by atoms with Gasteiger partial charge in [0.1, 0.15) is 11.6 Å². The van der Waals surface area contributed by atoms with Crippen LogP contribution in [-0.4, -0.2) is 43.3 Å². The molecule has 0 aliphatic heterocycles. The second-order valence-corrected chi connectivity index (χ2v) is 12.1. The van der Waals surface area contributed by atoms with Gasteiger partial charge in [-0.15, -0.1) is 0 Å². The molecule has 0 saturated heterocycles.